The van der Waals surface area contributed by atoms with Crippen molar-refractivity contribution in [1.82, 2.24) is 5.32 Å². The van der Waals surface area contributed by atoms with E-state index in [4.69, 9.17) is 0 Å². The first kappa shape index (κ1) is 16.2. The molecule has 106 valence electrons. The first-order valence-electron chi connectivity index (χ1n) is 6.20. The number of carbonyl (C=O) groups excluding carboxylic acids is 1. The highest BCUT2D eigenvalue weighted by Gasteiger charge is 2.16. The van der Waals surface area contributed by atoms with E-state index in [1.54, 1.807) is 12.1 Å². The molecule has 0 saturated carbocycles. The van der Waals surface area contributed by atoms with Crippen LogP contribution in [0.25, 0.3) is 0 Å². The summed E-state index contributed by atoms with van der Waals surface area (Å²) in [7, 11) is -3.38. The molecule has 0 fully saturated rings. The Morgan fingerprint density at radius 3 is 2.47 bits per heavy atom. The Bertz CT molecular complexity index is 511. The molecule has 0 aliphatic rings. The number of halogens is 1. The Labute approximate surface area is 122 Å². The highest BCUT2D eigenvalue weighted by Crippen LogP contribution is 2.16. The number of rotatable bonds is 7. The van der Waals surface area contributed by atoms with Crippen molar-refractivity contribution < 1.29 is 13.2 Å². The van der Waals surface area contributed by atoms with Crippen molar-refractivity contribution in [1.29, 1.82) is 0 Å². The minimum atomic E-state index is -3.38. The van der Waals surface area contributed by atoms with Crippen molar-refractivity contribution in [2.75, 3.05) is 12.3 Å². The lowest BCUT2D eigenvalue weighted by Crippen LogP contribution is -2.26. The van der Waals surface area contributed by atoms with E-state index < -0.39 is 9.84 Å². The predicted molar refractivity (Wildman–Crippen MR) is 78.7 cm³/mol. The van der Waals surface area contributed by atoms with Gasteiger partial charge in [-0.15, -0.1) is 0 Å². The third kappa shape index (κ3) is 5.74. The molecule has 1 N–H and O–H groups in total. The monoisotopic (exact) mass is 347 g/mol. The minimum absolute atomic E-state index is 0.00209. The quantitative estimate of drug-likeness (QED) is 0.770. The highest BCUT2D eigenvalue weighted by molar-refractivity contribution is 9.10. The maximum absolute atomic E-state index is 12.0. The van der Waals surface area contributed by atoms with Gasteiger partial charge in [-0.1, -0.05) is 29.3 Å². The van der Waals surface area contributed by atoms with Gasteiger partial charge in [0.05, 0.1) is 10.6 Å². The van der Waals surface area contributed by atoms with E-state index >= 15 is 0 Å². The molecule has 0 atom stereocenters. The summed E-state index contributed by atoms with van der Waals surface area (Å²) in [6.45, 7) is 2.64. The lowest BCUT2D eigenvalue weighted by molar-refractivity contribution is -0.120. The number of sulfone groups is 1. The first-order valence-corrected chi connectivity index (χ1v) is 8.65. The van der Waals surface area contributed by atoms with Crippen LogP contribution < -0.4 is 5.32 Å². The van der Waals surface area contributed by atoms with Crippen molar-refractivity contribution in [3.63, 3.8) is 0 Å². The minimum Gasteiger partial charge on any atom is -0.356 e. The van der Waals surface area contributed by atoms with Crippen molar-refractivity contribution in [3.05, 3.63) is 28.7 Å². The lowest BCUT2D eigenvalue weighted by atomic mass is 10.3. The molecule has 1 aromatic carbocycles. The van der Waals surface area contributed by atoms with E-state index in [2.05, 4.69) is 21.2 Å². The van der Waals surface area contributed by atoms with E-state index in [9.17, 15) is 13.2 Å². The van der Waals surface area contributed by atoms with Crippen LogP contribution in [0.2, 0.25) is 0 Å². The molecule has 0 heterocycles. The smallest absolute Gasteiger partial charge is 0.221 e. The van der Waals surface area contributed by atoms with Crippen LogP contribution in [0.15, 0.2) is 33.6 Å². The number of amides is 1. The molecule has 0 aliphatic carbocycles. The molecule has 0 unspecified atom stereocenters. The fourth-order valence-electron chi connectivity index (χ4n) is 1.48. The Hall–Kier alpha value is -0.880. The molecule has 0 aliphatic heterocycles. The Morgan fingerprint density at radius 2 is 1.89 bits per heavy atom. The molecule has 1 amide bonds. The maximum atomic E-state index is 12.0. The van der Waals surface area contributed by atoms with Gasteiger partial charge in [0.2, 0.25) is 5.91 Å². The Balaban J connectivity index is 2.51. The predicted octanol–water partition coefficient (Wildman–Crippen LogP) is 2.53. The third-order valence-corrected chi connectivity index (χ3v) is 4.88. The largest absolute Gasteiger partial charge is 0.356 e. The maximum Gasteiger partial charge on any atom is 0.221 e. The lowest BCUT2D eigenvalue weighted by Gasteiger charge is -2.06. The van der Waals surface area contributed by atoms with Gasteiger partial charge < -0.3 is 5.32 Å². The summed E-state index contributed by atoms with van der Waals surface area (Å²) in [6, 6.07) is 6.42. The molecule has 0 aromatic heterocycles. The van der Waals surface area contributed by atoms with Gasteiger partial charge >= 0.3 is 0 Å². The van der Waals surface area contributed by atoms with Crippen LogP contribution in [0.3, 0.4) is 0 Å². The van der Waals surface area contributed by atoms with E-state index in [0.29, 0.717) is 6.54 Å². The van der Waals surface area contributed by atoms with Gasteiger partial charge in [-0.3, -0.25) is 4.79 Å². The third-order valence-electron chi connectivity index (χ3n) is 2.62. The van der Waals surface area contributed by atoms with Crippen LogP contribution in [-0.4, -0.2) is 26.6 Å². The van der Waals surface area contributed by atoms with E-state index in [1.807, 2.05) is 6.92 Å². The van der Waals surface area contributed by atoms with Crippen LogP contribution in [0.4, 0.5) is 0 Å². The second kappa shape index (κ2) is 7.65. The van der Waals surface area contributed by atoms with Crippen molar-refractivity contribution in [3.8, 4) is 0 Å². The number of hydrogen-bond acceptors (Lipinski definition) is 3. The van der Waals surface area contributed by atoms with E-state index in [0.717, 1.165) is 17.3 Å². The SMILES string of the molecule is CCCCNC(=O)CCS(=O)(=O)c1ccc(Br)cc1. The molecule has 19 heavy (non-hydrogen) atoms. The Morgan fingerprint density at radius 1 is 1.26 bits per heavy atom. The summed E-state index contributed by atoms with van der Waals surface area (Å²) < 4.78 is 24.8. The first-order chi connectivity index (χ1) is 8.95. The number of hydrogen-bond donors (Lipinski definition) is 1. The standard InChI is InChI=1S/C13H18BrNO3S/c1-2-3-9-15-13(16)8-10-19(17,18)12-6-4-11(14)5-7-12/h4-7H,2-3,8-10H2,1H3,(H,15,16). The normalized spacial score (nSPS) is 11.3. The molecule has 0 radical (unpaired) electrons. The second-order valence-electron chi connectivity index (χ2n) is 4.23. The molecular formula is C13H18BrNO3S. The van der Waals surface area contributed by atoms with Crippen LogP contribution in [0, 0.1) is 0 Å². The van der Waals surface area contributed by atoms with Gasteiger partial charge in [-0.25, -0.2) is 8.42 Å². The molecule has 0 spiro atoms. The molecule has 4 nitrogen and oxygen atoms in total. The van der Waals surface area contributed by atoms with Gasteiger partial charge in [-0.05, 0) is 30.7 Å². The molecule has 1 aromatic rings. The molecule has 0 bridgehead atoms. The van der Waals surface area contributed by atoms with Crippen LogP contribution in [-0.2, 0) is 14.6 Å². The van der Waals surface area contributed by atoms with E-state index in [1.165, 1.54) is 12.1 Å². The number of unbranched alkanes of at least 4 members (excludes halogenated alkanes) is 1. The van der Waals surface area contributed by atoms with Gasteiger partial charge in [-0.2, -0.15) is 0 Å². The van der Waals surface area contributed by atoms with Gasteiger partial charge in [0, 0.05) is 17.4 Å². The molecule has 1 rings (SSSR count). The molecule has 6 heteroatoms. The second-order valence-corrected chi connectivity index (χ2v) is 7.25. The average molecular weight is 348 g/mol. The van der Waals surface area contributed by atoms with E-state index in [-0.39, 0.29) is 23.0 Å². The average Bonchev–Trinajstić information content (AvgIpc) is 2.37. The van der Waals surface area contributed by atoms with Crippen LogP contribution in [0.5, 0.6) is 0 Å². The topological polar surface area (TPSA) is 63.2 Å². The fourth-order valence-corrected chi connectivity index (χ4v) is 2.98. The van der Waals surface area contributed by atoms with Crippen LogP contribution >= 0.6 is 15.9 Å². The Kier molecular flexibility index (Phi) is 6.51. The number of benzene rings is 1. The summed E-state index contributed by atoms with van der Waals surface area (Å²) in [5.41, 5.74) is 0. The summed E-state index contributed by atoms with van der Waals surface area (Å²) in [4.78, 5) is 11.7. The summed E-state index contributed by atoms with van der Waals surface area (Å²) >= 11 is 3.25. The summed E-state index contributed by atoms with van der Waals surface area (Å²) in [6.07, 6.45) is 1.91. The number of nitrogens with one attached hydrogen (secondary N) is 1. The highest BCUT2D eigenvalue weighted by atomic mass is 79.9. The molecular weight excluding hydrogens is 330 g/mol. The van der Waals surface area contributed by atoms with Crippen molar-refractivity contribution >= 4 is 31.7 Å². The zero-order chi connectivity index (χ0) is 14.3. The van der Waals surface area contributed by atoms with Crippen LogP contribution in [0.1, 0.15) is 26.2 Å². The number of carbonyl (C=O) groups is 1. The zero-order valence-electron chi connectivity index (χ0n) is 10.9. The van der Waals surface area contributed by atoms with Gasteiger partial charge in [0.1, 0.15) is 0 Å². The summed E-state index contributed by atoms with van der Waals surface area (Å²) in [5.74, 6) is -0.374. The van der Waals surface area contributed by atoms with Crippen molar-refractivity contribution in [2.45, 2.75) is 31.1 Å². The molecule has 0 saturated heterocycles. The van der Waals surface area contributed by atoms with Gasteiger partial charge in [0.25, 0.3) is 0 Å². The fraction of sp³-hybridized carbons (Fsp3) is 0.462. The zero-order valence-corrected chi connectivity index (χ0v) is 13.3. The van der Waals surface area contributed by atoms with Gasteiger partial charge in [0.15, 0.2) is 9.84 Å². The summed E-state index contributed by atoms with van der Waals surface area (Å²) in [5, 5.41) is 2.71. The van der Waals surface area contributed by atoms with Crippen molar-refractivity contribution in [2.24, 2.45) is 0 Å².